The minimum absolute atomic E-state index is 0.318. The number of nitrogens with one attached hydrogen (secondary N) is 1. The molecule has 1 atom stereocenters. The molecule has 140 valence electrons. The van der Waals surface area contributed by atoms with Gasteiger partial charge in [0.2, 0.25) is 0 Å². The second-order valence-corrected chi connectivity index (χ2v) is 7.41. The zero-order valence-corrected chi connectivity index (χ0v) is 16.4. The summed E-state index contributed by atoms with van der Waals surface area (Å²) in [5.74, 6) is 0.412. The predicted octanol–water partition coefficient (Wildman–Crippen LogP) is 6.71. The number of fused-ring (bicyclic) bond motifs is 1. The van der Waals surface area contributed by atoms with Crippen LogP contribution in [0.25, 0.3) is 10.8 Å². The van der Waals surface area contributed by atoms with Gasteiger partial charge in [-0.2, -0.15) is 0 Å². The van der Waals surface area contributed by atoms with Gasteiger partial charge < -0.3 is 5.32 Å². The lowest BCUT2D eigenvalue weighted by molar-refractivity contribution is 0.542. The average molecular weight is 366 g/mol. The maximum absolute atomic E-state index is 3.76. The first-order valence-electron chi connectivity index (χ1n) is 10.1. The largest absolute Gasteiger partial charge is 0.310 e. The Balaban J connectivity index is 1.49. The van der Waals surface area contributed by atoms with Crippen molar-refractivity contribution >= 4 is 10.8 Å². The number of hydrogen-bond acceptors (Lipinski definition) is 1. The summed E-state index contributed by atoms with van der Waals surface area (Å²) < 4.78 is 0. The van der Waals surface area contributed by atoms with Crippen molar-refractivity contribution in [1.82, 2.24) is 5.32 Å². The van der Waals surface area contributed by atoms with E-state index in [-0.39, 0.29) is 0 Å². The van der Waals surface area contributed by atoms with E-state index < -0.39 is 0 Å². The molecule has 0 saturated heterocycles. The summed E-state index contributed by atoms with van der Waals surface area (Å²) in [7, 11) is 0. The Bertz CT molecular complexity index is 963. The lowest BCUT2D eigenvalue weighted by Crippen LogP contribution is -2.22. The smallest absolute Gasteiger partial charge is 0.0297 e. The third kappa shape index (κ3) is 4.16. The second-order valence-electron chi connectivity index (χ2n) is 7.41. The van der Waals surface area contributed by atoms with Gasteiger partial charge in [-0.15, -0.1) is 0 Å². The van der Waals surface area contributed by atoms with Gasteiger partial charge in [0.15, 0.2) is 0 Å². The minimum Gasteiger partial charge on any atom is -0.310 e. The molecule has 0 spiro atoms. The molecule has 28 heavy (non-hydrogen) atoms. The first-order valence-corrected chi connectivity index (χ1v) is 10.1. The standard InChI is InChI=1S/C27H27N/c1-21(25-18-10-16-24-15-8-9-17-27(24)25)28-20-19-26(22-11-4-2-5-12-22)23-13-6-3-7-14-23/h2-18,21,26,28H,19-20H2,1H3. The van der Waals surface area contributed by atoms with E-state index in [1.54, 1.807) is 0 Å². The van der Waals surface area contributed by atoms with Crippen LogP contribution in [-0.4, -0.2) is 6.54 Å². The van der Waals surface area contributed by atoms with Crippen molar-refractivity contribution in [2.75, 3.05) is 6.54 Å². The van der Waals surface area contributed by atoms with Crippen molar-refractivity contribution in [2.45, 2.75) is 25.3 Å². The molecular formula is C27H27N. The zero-order chi connectivity index (χ0) is 19.2. The van der Waals surface area contributed by atoms with Gasteiger partial charge in [-0.05, 0) is 47.4 Å². The molecule has 1 heteroatoms. The Hall–Kier alpha value is -2.90. The van der Waals surface area contributed by atoms with E-state index in [2.05, 4.69) is 115 Å². The molecule has 1 unspecified atom stereocenters. The Labute approximate surface area is 168 Å². The van der Waals surface area contributed by atoms with Gasteiger partial charge in [0.25, 0.3) is 0 Å². The van der Waals surface area contributed by atoms with E-state index in [0.29, 0.717) is 12.0 Å². The molecule has 4 aromatic rings. The van der Waals surface area contributed by atoms with Crippen LogP contribution in [0.3, 0.4) is 0 Å². The van der Waals surface area contributed by atoms with E-state index >= 15 is 0 Å². The van der Waals surface area contributed by atoms with E-state index in [4.69, 9.17) is 0 Å². The lowest BCUT2D eigenvalue weighted by atomic mass is 9.88. The molecule has 0 aliphatic heterocycles. The fraction of sp³-hybridized carbons (Fsp3) is 0.185. The molecule has 0 heterocycles. The van der Waals surface area contributed by atoms with Crippen LogP contribution in [0.1, 0.15) is 42.0 Å². The summed E-state index contributed by atoms with van der Waals surface area (Å²) in [5.41, 5.74) is 4.13. The van der Waals surface area contributed by atoms with Crippen LogP contribution >= 0.6 is 0 Å². The summed E-state index contributed by atoms with van der Waals surface area (Å²) in [6.07, 6.45) is 1.07. The van der Waals surface area contributed by atoms with Crippen LogP contribution in [-0.2, 0) is 0 Å². The number of benzene rings is 4. The fourth-order valence-corrected chi connectivity index (χ4v) is 4.08. The van der Waals surface area contributed by atoms with Gasteiger partial charge in [0.05, 0.1) is 0 Å². The van der Waals surface area contributed by atoms with Crippen LogP contribution < -0.4 is 5.32 Å². The molecule has 1 N–H and O–H groups in total. The van der Waals surface area contributed by atoms with E-state index in [9.17, 15) is 0 Å². The third-order valence-electron chi connectivity index (χ3n) is 5.58. The van der Waals surface area contributed by atoms with Crippen LogP contribution in [0, 0.1) is 0 Å². The lowest BCUT2D eigenvalue weighted by Gasteiger charge is -2.21. The summed E-state index contributed by atoms with van der Waals surface area (Å²) in [6.45, 7) is 3.24. The molecule has 4 aromatic carbocycles. The first-order chi connectivity index (χ1) is 13.8. The normalized spacial score (nSPS) is 12.4. The van der Waals surface area contributed by atoms with Crippen molar-refractivity contribution < 1.29 is 0 Å². The monoisotopic (exact) mass is 365 g/mol. The summed E-state index contributed by atoms with van der Waals surface area (Å²) >= 11 is 0. The summed E-state index contributed by atoms with van der Waals surface area (Å²) in [5, 5.41) is 6.41. The van der Waals surface area contributed by atoms with Crippen molar-refractivity contribution in [3.63, 3.8) is 0 Å². The Morgan fingerprint density at radius 3 is 1.89 bits per heavy atom. The highest BCUT2D eigenvalue weighted by Gasteiger charge is 2.15. The molecule has 0 aliphatic rings. The van der Waals surface area contributed by atoms with Gasteiger partial charge in [-0.25, -0.2) is 0 Å². The molecule has 0 amide bonds. The van der Waals surface area contributed by atoms with E-state index in [0.717, 1.165) is 13.0 Å². The molecule has 0 radical (unpaired) electrons. The quantitative estimate of drug-likeness (QED) is 0.384. The summed E-state index contributed by atoms with van der Waals surface area (Å²) in [6, 6.07) is 37.2. The van der Waals surface area contributed by atoms with E-state index in [1.165, 1.54) is 27.5 Å². The van der Waals surface area contributed by atoms with E-state index in [1.807, 2.05) is 0 Å². The van der Waals surface area contributed by atoms with Crippen LogP contribution in [0.2, 0.25) is 0 Å². The SMILES string of the molecule is CC(NCCC(c1ccccc1)c1ccccc1)c1cccc2ccccc12. The molecule has 0 saturated carbocycles. The van der Waals surface area contributed by atoms with Crippen LogP contribution in [0.5, 0.6) is 0 Å². The predicted molar refractivity (Wildman–Crippen MR) is 120 cm³/mol. The van der Waals surface area contributed by atoms with Gasteiger partial charge in [0, 0.05) is 12.0 Å². The fourth-order valence-electron chi connectivity index (χ4n) is 4.08. The molecule has 1 nitrogen and oxygen atoms in total. The topological polar surface area (TPSA) is 12.0 Å². The third-order valence-corrected chi connectivity index (χ3v) is 5.58. The van der Waals surface area contributed by atoms with Gasteiger partial charge in [-0.1, -0.05) is 103 Å². The maximum Gasteiger partial charge on any atom is 0.0297 e. The van der Waals surface area contributed by atoms with Gasteiger partial charge in [-0.3, -0.25) is 0 Å². The highest BCUT2D eigenvalue weighted by molar-refractivity contribution is 5.86. The Kier molecular flexibility index (Phi) is 5.84. The Morgan fingerprint density at radius 1 is 0.643 bits per heavy atom. The zero-order valence-electron chi connectivity index (χ0n) is 16.4. The van der Waals surface area contributed by atoms with Crippen molar-refractivity contribution in [3.8, 4) is 0 Å². The molecule has 0 bridgehead atoms. The molecule has 4 rings (SSSR count). The number of rotatable bonds is 7. The summed E-state index contributed by atoms with van der Waals surface area (Å²) in [4.78, 5) is 0. The molecular weight excluding hydrogens is 338 g/mol. The molecule has 0 aliphatic carbocycles. The van der Waals surface area contributed by atoms with Crippen molar-refractivity contribution in [3.05, 3.63) is 120 Å². The Morgan fingerprint density at radius 2 is 1.21 bits per heavy atom. The second kappa shape index (κ2) is 8.86. The van der Waals surface area contributed by atoms with Crippen molar-refractivity contribution in [2.24, 2.45) is 0 Å². The van der Waals surface area contributed by atoms with Gasteiger partial charge >= 0.3 is 0 Å². The average Bonchev–Trinajstić information content (AvgIpc) is 2.77. The number of hydrogen-bond donors (Lipinski definition) is 1. The van der Waals surface area contributed by atoms with Gasteiger partial charge in [0.1, 0.15) is 0 Å². The molecule has 0 fully saturated rings. The van der Waals surface area contributed by atoms with Crippen LogP contribution in [0.15, 0.2) is 103 Å². The van der Waals surface area contributed by atoms with Crippen LogP contribution in [0.4, 0.5) is 0 Å². The minimum atomic E-state index is 0.318. The highest BCUT2D eigenvalue weighted by Crippen LogP contribution is 2.28. The maximum atomic E-state index is 3.76. The highest BCUT2D eigenvalue weighted by atomic mass is 14.9. The first kappa shape index (κ1) is 18.5. The molecule has 0 aromatic heterocycles. The van der Waals surface area contributed by atoms with Crippen molar-refractivity contribution in [1.29, 1.82) is 0 Å².